The minimum Gasteiger partial charge on any atom is -0.312 e. The normalized spacial score (nSPS) is 23.5. The number of rotatable bonds is 3. The Labute approximate surface area is 174 Å². The summed E-state index contributed by atoms with van der Waals surface area (Å²) in [6.07, 6.45) is 1.97. The van der Waals surface area contributed by atoms with Crippen molar-refractivity contribution >= 4 is 44.8 Å². The van der Waals surface area contributed by atoms with Gasteiger partial charge in [0.25, 0.3) is 0 Å². The first-order valence-corrected chi connectivity index (χ1v) is 11.3. The van der Waals surface area contributed by atoms with E-state index in [2.05, 4.69) is 0 Å². The van der Waals surface area contributed by atoms with Gasteiger partial charge in [-0.15, -0.1) is 0 Å². The highest BCUT2D eigenvalue weighted by atomic mass is 35.5. The molecule has 5 nitrogen and oxygen atoms in total. The average molecular weight is 439 g/mol. The number of hydrogen-bond acceptors (Lipinski definition) is 3. The van der Waals surface area contributed by atoms with Crippen LogP contribution in [0.1, 0.15) is 19.3 Å². The molecule has 0 saturated carbocycles. The second-order valence-corrected chi connectivity index (χ2v) is 10.2. The number of sulfonamides is 1. The highest BCUT2D eigenvalue weighted by Gasteiger charge is 2.51. The van der Waals surface area contributed by atoms with E-state index in [1.807, 2.05) is 30.3 Å². The third kappa shape index (κ3) is 3.43. The SMILES string of the molecule is O=C1N(c2ccccc2)CCC12CCCN(S(=O)(=O)c1cc(Cl)cc(Cl)c1)C2. The molecule has 2 heterocycles. The maximum absolute atomic E-state index is 13.3. The summed E-state index contributed by atoms with van der Waals surface area (Å²) in [5.74, 6) is 0.00252. The molecule has 0 N–H and O–H groups in total. The predicted octanol–water partition coefficient (Wildman–Crippen LogP) is 4.20. The molecule has 2 fully saturated rings. The van der Waals surface area contributed by atoms with E-state index >= 15 is 0 Å². The molecule has 8 heteroatoms. The fraction of sp³-hybridized carbons (Fsp3) is 0.350. The highest BCUT2D eigenvalue weighted by Crippen LogP contribution is 2.43. The van der Waals surface area contributed by atoms with Gasteiger partial charge in [-0.3, -0.25) is 4.79 Å². The predicted molar refractivity (Wildman–Crippen MR) is 110 cm³/mol. The Bertz CT molecular complexity index is 993. The van der Waals surface area contributed by atoms with E-state index in [-0.39, 0.29) is 27.4 Å². The topological polar surface area (TPSA) is 57.7 Å². The van der Waals surface area contributed by atoms with Gasteiger partial charge < -0.3 is 4.90 Å². The van der Waals surface area contributed by atoms with Crippen LogP contribution in [-0.2, 0) is 14.8 Å². The lowest BCUT2D eigenvalue weighted by Gasteiger charge is -2.38. The van der Waals surface area contributed by atoms with Gasteiger partial charge in [-0.2, -0.15) is 4.31 Å². The van der Waals surface area contributed by atoms with E-state index < -0.39 is 15.4 Å². The van der Waals surface area contributed by atoms with Gasteiger partial charge in [0.1, 0.15) is 0 Å². The van der Waals surface area contributed by atoms with Crippen LogP contribution < -0.4 is 4.90 Å². The molecule has 0 aromatic heterocycles. The molecule has 1 spiro atoms. The minimum atomic E-state index is -3.78. The smallest absolute Gasteiger partial charge is 0.243 e. The van der Waals surface area contributed by atoms with Crippen LogP contribution in [0.3, 0.4) is 0 Å². The zero-order valence-electron chi connectivity index (χ0n) is 15.1. The zero-order valence-corrected chi connectivity index (χ0v) is 17.5. The van der Waals surface area contributed by atoms with Crippen molar-refractivity contribution in [3.05, 3.63) is 58.6 Å². The lowest BCUT2D eigenvalue weighted by molar-refractivity contribution is -0.127. The zero-order chi connectivity index (χ0) is 19.9. The van der Waals surface area contributed by atoms with Crippen molar-refractivity contribution in [3.8, 4) is 0 Å². The molecule has 2 saturated heterocycles. The molecule has 1 unspecified atom stereocenters. The Kier molecular flexibility index (Phi) is 5.16. The molecule has 1 amide bonds. The fourth-order valence-corrected chi connectivity index (χ4v) is 6.47. The Balaban J connectivity index is 1.62. The molecule has 1 atom stereocenters. The van der Waals surface area contributed by atoms with Crippen molar-refractivity contribution in [1.82, 2.24) is 4.31 Å². The largest absolute Gasteiger partial charge is 0.312 e. The number of carbonyl (C=O) groups is 1. The molecule has 2 aliphatic heterocycles. The van der Waals surface area contributed by atoms with Crippen molar-refractivity contribution in [2.75, 3.05) is 24.5 Å². The van der Waals surface area contributed by atoms with E-state index in [0.29, 0.717) is 32.4 Å². The highest BCUT2D eigenvalue weighted by molar-refractivity contribution is 7.89. The lowest BCUT2D eigenvalue weighted by Crippen LogP contribution is -2.49. The summed E-state index contributed by atoms with van der Waals surface area (Å²) in [4.78, 5) is 15.1. The molecule has 4 rings (SSSR count). The summed E-state index contributed by atoms with van der Waals surface area (Å²) in [5.41, 5.74) is 0.176. The van der Waals surface area contributed by atoms with Gasteiger partial charge in [-0.25, -0.2) is 8.42 Å². The molecule has 0 aliphatic carbocycles. The fourth-order valence-electron chi connectivity index (χ4n) is 4.17. The molecule has 2 aromatic carbocycles. The van der Waals surface area contributed by atoms with Gasteiger partial charge in [-0.05, 0) is 49.6 Å². The third-order valence-corrected chi connectivity index (χ3v) is 7.86. The average Bonchev–Trinajstić information content (AvgIpc) is 2.97. The van der Waals surface area contributed by atoms with Crippen LogP contribution >= 0.6 is 23.2 Å². The van der Waals surface area contributed by atoms with E-state index in [0.717, 1.165) is 5.69 Å². The first kappa shape index (κ1) is 19.7. The first-order chi connectivity index (χ1) is 13.3. The summed E-state index contributed by atoms with van der Waals surface area (Å²) in [6.45, 7) is 1.16. The van der Waals surface area contributed by atoms with Crippen LogP contribution in [0.2, 0.25) is 10.0 Å². The van der Waals surface area contributed by atoms with E-state index in [9.17, 15) is 13.2 Å². The Hall–Kier alpha value is -1.60. The van der Waals surface area contributed by atoms with Crippen molar-refractivity contribution in [3.63, 3.8) is 0 Å². The van der Waals surface area contributed by atoms with Crippen LogP contribution in [0.4, 0.5) is 5.69 Å². The molecular weight excluding hydrogens is 419 g/mol. The van der Waals surface area contributed by atoms with Crippen LogP contribution in [0.15, 0.2) is 53.4 Å². The summed E-state index contributed by atoms with van der Waals surface area (Å²) < 4.78 is 27.8. The quantitative estimate of drug-likeness (QED) is 0.721. The summed E-state index contributed by atoms with van der Waals surface area (Å²) in [6, 6.07) is 13.8. The van der Waals surface area contributed by atoms with Gasteiger partial charge in [0, 0.05) is 35.4 Å². The van der Waals surface area contributed by atoms with E-state index in [1.54, 1.807) is 4.90 Å². The van der Waals surface area contributed by atoms with Gasteiger partial charge in [0.2, 0.25) is 15.9 Å². The number of benzene rings is 2. The third-order valence-electron chi connectivity index (χ3n) is 5.60. The van der Waals surface area contributed by atoms with Crippen molar-refractivity contribution in [2.24, 2.45) is 5.41 Å². The van der Waals surface area contributed by atoms with Crippen molar-refractivity contribution in [2.45, 2.75) is 24.2 Å². The minimum absolute atomic E-state index is 0.00252. The maximum Gasteiger partial charge on any atom is 0.243 e. The lowest BCUT2D eigenvalue weighted by atomic mass is 9.79. The van der Waals surface area contributed by atoms with Crippen LogP contribution in [0.5, 0.6) is 0 Å². The number of nitrogens with zero attached hydrogens (tertiary/aromatic N) is 2. The second kappa shape index (κ2) is 7.34. The van der Waals surface area contributed by atoms with Crippen molar-refractivity contribution < 1.29 is 13.2 Å². The van der Waals surface area contributed by atoms with Crippen LogP contribution in [0, 0.1) is 5.41 Å². The van der Waals surface area contributed by atoms with E-state index in [4.69, 9.17) is 23.2 Å². The van der Waals surface area contributed by atoms with Crippen LogP contribution in [0.25, 0.3) is 0 Å². The second-order valence-electron chi connectivity index (χ2n) is 7.37. The Morgan fingerprint density at radius 2 is 1.61 bits per heavy atom. The maximum atomic E-state index is 13.3. The molecule has 0 radical (unpaired) electrons. The molecule has 28 heavy (non-hydrogen) atoms. The number of halogens is 2. The molecule has 0 bridgehead atoms. The van der Waals surface area contributed by atoms with Gasteiger partial charge >= 0.3 is 0 Å². The summed E-state index contributed by atoms with van der Waals surface area (Å²) in [5, 5.41) is 0.537. The summed E-state index contributed by atoms with van der Waals surface area (Å²) in [7, 11) is -3.78. The van der Waals surface area contributed by atoms with Gasteiger partial charge in [-0.1, -0.05) is 41.4 Å². The summed E-state index contributed by atoms with van der Waals surface area (Å²) >= 11 is 12.0. The number of para-hydroxylation sites is 1. The molecule has 2 aromatic rings. The number of carbonyl (C=O) groups excluding carboxylic acids is 1. The Morgan fingerprint density at radius 1 is 0.929 bits per heavy atom. The number of amides is 1. The molecular formula is C20H20Cl2N2O3S. The monoisotopic (exact) mass is 438 g/mol. The van der Waals surface area contributed by atoms with Crippen molar-refractivity contribution in [1.29, 1.82) is 0 Å². The molecule has 2 aliphatic rings. The Morgan fingerprint density at radius 3 is 2.29 bits per heavy atom. The molecule has 148 valence electrons. The van der Waals surface area contributed by atoms with Gasteiger partial charge in [0.15, 0.2) is 0 Å². The van der Waals surface area contributed by atoms with Crippen LogP contribution in [-0.4, -0.2) is 38.3 Å². The number of anilines is 1. The number of hydrogen-bond donors (Lipinski definition) is 0. The van der Waals surface area contributed by atoms with Gasteiger partial charge in [0.05, 0.1) is 10.3 Å². The standard InChI is InChI=1S/C20H20Cl2N2O3S/c21-15-11-16(22)13-18(12-15)28(26,27)23-9-4-7-20(14-23)8-10-24(19(20)25)17-5-2-1-3-6-17/h1-3,5-6,11-13H,4,7-10,14H2. The van der Waals surface area contributed by atoms with E-state index in [1.165, 1.54) is 22.5 Å². The number of piperidine rings is 1. The first-order valence-electron chi connectivity index (χ1n) is 9.15.